The van der Waals surface area contributed by atoms with Gasteiger partial charge in [-0.1, -0.05) is 28.1 Å². The topological polar surface area (TPSA) is 40.5 Å². The Morgan fingerprint density at radius 3 is 3.05 bits per heavy atom. The Morgan fingerprint density at radius 2 is 2.32 bits per heavy atom. The van der Waals surface area contributed by atoms with E-state index >= 15 is 0 Å². The van der Waals surface area contributed by atoms with Gasteiger partial charge in [0.05, 0.1) is 0 Å². The van der Waals surface area contributed by atoms with E-state index < -0.39 is 5.60 Å². The number of nitrogens with zero attached hydrogens (tertiary/aromatic N) is 1. The SMILES string of the molecule is O=C(N1CCc2cccc(Br)c2C1)C1(O)CCSC1. The lowest BCUT2D eigenvalue weighted by Gasteiger charge is -2.34. The van der Waals surface area contributed by atoms with Crippen LogP contribution in [0.4, 0.5) is 0 Å². The Bertz CT molecular complexity index is 514. The van der Waals surface area contributed by atoms with E-state index in [0.717, 1.165) is 16.6 Å². The lowest BCUT2D eigenvalue weighted by Crippen LogP contribution is -2.50. The summed E-state index contributed by atoms with van der Waals surface area (Å²) in [4.78, 5) is 14.3. The molecular weight excluding hydrogens is 326 g/mol. The van der Waals surface area contributed by atoms with Crippen LogP contribution in [-0.4, -0.2) is 39.6 Å². The average Bonchev–Trinajstić information content (AvgIpc) is 2.86. The van der Waals surface area contributed by atoms with Gasteiger partial charge in [-0.25, -0.2) is 0 Å². The summed E-state index contributed by atoms with van der Waals surface area (Å²) in [6.07, 6.45) is 1.44. The third kappa shape index (κ3) is 2.43. The zero-order valence-corrected chi connectivity index (χ0v) is 13.0. The number of rotatable bonds is 1. The summed E-state index contributed by atoms with van der Waals surface area (Å²) >= 11 is 5.21. The summed E-state index contributed by atoms with van der Waals surface area (Å²) < 4.78 is 1.05. The largest absolute Gasteiger partial charge is 0.379 e. The maximum Gasteiger partial charge on any atom is 0.255 e. The van der Waals surface area contributed by atoms with Crippen LogP contribution in [0.1, 0.15) is 17.5 Å². The molecule has 1 N–H and O–H groups in total. The molecule has 1 fully saturated rings. The van der Waals surface area contributed by atoms with Gasteiger partial charge in [0.1, 0.15) is 0 Å². The molecule has 3 rings (SSSR count). The molecule has 1 saturated heterocycles. The first-order valence-electron chi connectivity index (χ1n) is 6.46. The summed E-state index contributed by atoms with van der Waals surface area (Å²) in [5.74, 6) is 1.31. The van der Waals surface area contributed by atoms with E-state index in [0.29, 0.717) is 25.3 Å². The van der Waals surface area contributed by atoms with Crippen molar-refractivity contribution in [2.24, 2.45) is 0 Å². The predicted molar refractivity (Wildman–Crippen MR) is 80.2 cm³/mol. The number of hydrogen-bond donors (Lipinski definition) is 1. The van der Waals surface area contributed by atoms with Crippen molar-refractivity contribution in [3.63, 3.8) is 0 Å². The summed E-state index contributed by atoms with van der Waals surface area (Å²) in [6.45, 7) is 1.30. The number of benzene rings is 1. The van der Waals surface area contributed by atoms with Crippen LogP contribution in [0.2, 0.25) is 0 Å². The Morgan fingerprint density at radius 1 is 1.47 bits per heavy atom. The molecular formula is C14H16BrNO2S. The van der Waals surface area contributed by atoms with E-state index in [9.17, 15) is 9.90 Å². The quantitative estimate of drug-likeness (QED) is 0.851. The summed E-state index contributed by atoms with van der Waals surface area (Å²) in [5.41, 5.74) is 1.34. The standard InChI is InChI=1S/C14H16BrNO2S/c15-12-3-1-2-10-4-6-16(8-11(10)12)13(17)14(18)5-7-19-9-14/h1-3,18H,4-9H2. The minimum atomic E-state index is -1.14. The molecule has 1 amide bonds. The van der Waals surface area contributed by atoms with E-state index in [1.807, 2.05) is 12.1 Å². The maximum absolute atomic E-state index is 12.5. The molecule has 1 aromatic carbocycles. The van der Waals surface area contributed by atoms with E-state index in [2.05, 4.69) is 22.0 Å². The van der Waals surface area contributed by atoms with E-state index in [1.54, 1.807) is 16.7 Å². The molecule has 3 nitrogen and oxygen atoms in total. The molecule has 0 bridgehead atoms. The fourth-order valence-corrected chi connectivity index (χ4v) is 4.49. The van der Waals surface area contributed by atoms with Crippen LogP contribution in [0, 0.1) is 0 Å². The van der Waals surface area contributed by atoms with E-state index in [4.69, 9.17) is 0 Å². The van der Waals surface area contributed by atoms with Crippen molar-refractivity contribution in [1.29, 1.82) is 0 Å². The van der Waals surface area contributed by atoms with Crippen molar-refractivity contribution in [2.75, 3.05) is 18.1 Å². The number of fused-ring (bicyclic) bond motifs is 1. The van der Waals surface area contributed by atoms with Gasteiger partial charge < -0.3 is 10.0 Å². The minimum Gasteiger partial charge on any atom is -0.379 e. The molecule has 0 aliphatic carbocycles. The Hall–Kier alpha value is -0.520. The zero-order chi connectivity index (χ0) is 13.5. The second-order valence-corrected chi connectivity index (χ2v) is 7.15. The smallest absolute Gasteiger partial charge is 0.255 e. The Balaban J connectivity index is 1.82. The zero-order valence-electron chi connectivity index (χ0n) is 10.6. The van der Waals surface area contributed by atoms with Gasteiger partial charge in [-0.05, 0) is 35.8 Å². The highest BCUT2D eigenvalue weighted by atomic mass is 79.9. The molecule has 0 saturated carbocycles. The van der Waals surface area contributed by atoms with Crippen LogP contribution >= 0.6 is 27.7 Å². The van der Waals surface area contributed by atoms with Gasteiger partial charge in [0.2, 0.25) is 0 Å². The van der Waals surface area contributed by atoms with Gasteiger partial charge in [0.15, 0.2) is 5.60 Å². The predicted octanol–water partition coefficient (Wildman–Crippen LogP) is 2.20. The monoisotopic (exact) mass is 341 g/mol. The number of halogens is 1. The molecule has 2 aliphatic heterocycles. The first-order chi connectivity index (χ1) is 9.10. The molecule has 1 aromatic rings. The molecule has 5 heteroatoms. The normalized spacial score (nSPS) is 26.3. The van der Waals surface area contributed by atoms with Crippen molar-refractivity contribution in [3.8, 4) is 0 Å². The maximum atomic E-state index is 12.5. The van der Waals surface area contributed by atoms with Crippen LogP contribution < -0.4 is 0 Å². The minimum absolute atomic E-state index is 0.0982. The summed E-state index contributed by atoms with van der Waals surface area (Å²) in [6, 6.07) is 6.15. The Kier molecular flexibility index (Phi) is 3.62. The fraction of sp³-hybridized carbons (Fsp3) is 0.500. The fourth-order valence-electron chi connectivity index (χ4n) is 2.73. The molecule has 0 radical (unpaired) electrons. The molecule has 0 aromatic heterocycles. The number of amides is 1. The van der Waals surface area contributed by atoms with Gasteiger partial charge in [-0.15, -0.1) is 0 Å². The van der Waals surface area contributed by atoms with Crippen LogP contribution in [0.15, 0.2) is 22.7 Å². The number of hydrogen-bond acceptors (Lipinski definition) is 3. The first kappa shape index (κ1) is 13.5. The summed E-state index contributed by atoms with van der Waals surface area (Å²) in [5, 5.41) is 10.4. The average molecular weight is 342 g/mol. The van der Waals surface area contributed by atoms with E-state index in [1.165, 1.54) is 11.1 Å². The third-order valence-electron chi connectivity index (χ3n) is 3.90. The van der Waals surface area contributed by atoms with Crippen molar-refractivity contribution in [3.05, 3.63) is 33.8 Å². The molecule has 1 atom stereocenters. The molecule has 2 heterocycles. The highest BCUT2D eigenvalue weighted by molar-refractivity contribution is 9.10. The highest BCUT2D eigenvalue weighted by Gasteiger charge is 2.42. The first-order valence-corrected chi connectivity index (χ1v) is 8.41. The number of carbonyl (C=O) groups is 1. The molecule has 0 spiro atoms. The highest BCUT2D eigenvalue weighted by Crippen LogP contribution is 2.32. The van der Waals surface area contributed by atoms with Gasteiger partial charge in [0.25, 0.3) is 5.91 Å². The second-order valence-electron chi connectivity index (χ2n) is 5.19. The summed E-state index contributed by atoms with van der Waals surface area (Å²) in [7, 11) is 0. The van der Waals surface area contributed by atoms with Crippen LogP contribution in [0.5, 0.6) is 0 Å². The lowest BCUT2D eigenvalue weighted by molar-refractivity contribution is -0.149. The van der Waals surface area contributed by atoms with Crippen molar-refractivity contribution >= 4 is 33.6 Å². The number of thioether (sulfide) groups is 1. The van der Waals surface area contributed by atoms with Crippen molar-refractivity contribution in [1.82, 2.24) is 4.90 Å². The van der Waals surface area contributed by atoms with Crippen molar-refractivity contribution in [2.45, 2.75) is 25.0 Å². The van der Waals surface area contributed by atoms with Gasteiger partial charge in [0, 0.05) is 23.3 Å². The van der Waals surface area contributed by atoms with Gasteiger partial charge in [-0.3, -0.25) is 4.79 Å². The molecule has 102 valence electrons. The van der Waals surface area contributed by atoms with E-state index in [-0.39, 0.29) is 5.91 Å². The van der Waals surface area contributed by atoms with Gasteiger partial charge in [-0.2, -0.15) is 11.8 Å². The molecule has 1 unspecified atom stereocenters. The third-order valence-corrected chi connectivity index (χ3v) is 5.82. The van der Waals surface area contributed by atoms with Crippen LogP contribution in [0.25, 0.3) is 0 Å². The van der Waals surface area contributed by atoms with Crippen LogP contribution in [0.3, 0.4) is 0 Å². The number of aliphatic hydroxyl groups is 1. The molecule has 19 heavy (non-hydrogen) atoms. The lowest BCUT2D eigenvalue weighted by atomic mass is 9.96. The number of carbonyl (C=O) groups excluding carboxylic acids is 1. The molecule has 2 aliphatic rings. The van der Waals surface area contributed by atoms with Gasteiger partial charge >= 0.3 is 0 Å². The Labute approximate surface area is 125 Å². The van der Waals surface area contributed by atoms with Crippen molar-refractivity contribution < 1.29 is 9.90 Å². The second kappa shape index (κ2) is 5.11. The van der Waals surface area contributed by atoms with Crippen LogP contribution in [-0.2, 0) is 17.8 Å².